The Kier molecular flexibility index (Phi) is 1.99. The van der Waals surface area contributed by atoms with Crippen LogP contribution in [0.5, 0.6) is 5.88 Å². The van der Waals surface area contributed by atoms with E-state index in [9.17, 15) is 13.2 Å². The summed E-state index contributed by atoms with van der Waals surface area (Å²) >= 11 is 0.682. The molecule has 0 aliphatic rings. The highest BCUT2D eigenvalue weighted by atomic mass is 32.1. The number of nitrogens with zero attached hydrogens (tertiary/aromatic N) is 2. The van der Waals surface area contributed by atoms with Crippen LogP contribution in [0.2, 0.25) is 0 Å². The lowest BCUT2D eigenvalue weighted by molar-refractivity contribution is -0.276. The van der Waals surface area contributed by atoms with Gasteiger partial charge in [0.05, 0.1) is 11.7 Å². The number of aromatic nitrogens is 2. The molecule has 0 atom stereocenters. The molecule has 11 heavy (non-hydrogen) atoms. The quantitative estimate of drug-likeness (QED) is 0.666. The monoisotopic (exact) mass is 184 g/mol. The van der Waals surface area contributed by atoms with Crippen molar-refractivity contribution in [2.24, 2.45) is 0 Å². The summed E-state index contributed by atoms with van der Waals surface area (Å²) < 4.78 is 44.8. The summed E-state index contributed by atoms with van der Waals surface area (Å²) in [4.78, 5) is 0. The predicted octanol–water partition coefficient (Wildman–Crippen LogP) is 1.75. The summed E-state index contributed by atoms with van der Waals surface area (Å²) in [5.74, 6) is -0.470. The lowest BCUT2D eigenvalue weighted by Gasteiger charge is -2.04. The van der Waals surface area contributed by atoms with Crippen LogP contribution < -0.4 is 4.74 Å². The van der Waals surface area contributed by atoms with Crippen molar-refractivity contribution < 1.29 is 17.9 Å². The van der Waals surface area contributed by atoms with E-state index in [1.54, 1.807) is 0 Å². The average Bonchev–Trinajstić information content (AvgIpc) is 2.12. The van der Waals surface area contributed by atoms with Crippen molar-refractivity contribution in [3.63, 3.8) is 0 Å². The molecule has 0 saturated heterocycles. The van der Waals surface area contributed by atoms with Crippen LogP contribution in [0, 0.1) is 6.92 Å². The summed E-state index contributed by atoms with van der Waals surface area (Å²) in [5, 5.41) is 0. The highest BCUT2D eigenvalue weighted by Crippen LogP contribution is 2.23. The SMILES string of the molecule is Cc1nsnc1OC(F)(F)F. The number of ether oxygens (including phenoxy) is 1. The fourth-order valence-electron chi connectivity index (χ4n) is 0.426. The fraction of sp³-hybridized carbons (Fsp3) is 0.500. The molecule has 0 bridgehead atoms. The van der Waals surface area contributed by atoms with Gasteiger partial charge in [-0.05, 0) is 6.92 Å². The van der Waals surface area contributed by atoms with Crippen LogP contribution in [0.4, 0.5) is 13.2 Å². The van der Waals surface area contributed by atoms with Crippen LogP contribution in [0.15, 0.2) is 0 Å². The topological polar surface area (TPSA) is 35.0 Å². The Labute approximate surface area is 64.1 Å². The van der Waals surface area contributed by atoms with Gasteiger partial charge in [0.25, 0.3) is 5.88 Å². The molecule has 0 saturated carbocycles. The van der Waals surface area contributed by atoms with Crippen molar-refractivity contribution in [2.75, 3.05) is 0 Å². The molecule has 7 heteroatoms. The molecule has 0 aliphatic carbocycles. The average molecular weight is 184 g/mol. The lowest BCUT2D eigenvalue weighted by atomic mass is 10.5. The Bertz CT molecular complexity index is 246. The first-order valence-corrected chi connectivity index (χ1v) is 3.27. The van der Waals surface area contributed by atoms with E-state index in [0.717, 1.165) is 0 Å². The number of hydrogen-bond donors (Lipinski definition) is 0. The van der Waals surface area contributed by atoms with Crippen LogP contribution in [-0.2, 0) is 0 Å². The van der Waals surface area contributed by atoms with Gasteiger partial charge in [-0.3, -0.25) is 0 Å². The Balaban J connectivity index is 2.72. The molecule has 0 aromatic carbocycles. The van der Waals surface area contributed by atoms with E-state index in [1.165, 1.54) is 6.92 Å². The molecule has 0 N–H and O–H groups in total. The van der Waals surface area contributed by atoms with E-state index < -0.39 is 12.2 Å². The summed E-state index contributed by atoms with van der Waals surface area (Å²) in [6.07, 6.45) is -4.68. The van der Waals surface area contributed by atoms with E-state index in [2.05, 4.69) is 13.5 Å². The lowest BCUT2D eigenvalue weighted by Crippen LogP contribution is -2.17. The van der Waals surface area contributed by atoms with E-state index in [4.69, 9.17) is 0 Å². The van der Waals surface area contributed by atoms with Crippen LogP contribution in [0.3, 0.4) is 0 Å². The highest BCUT2D eigenvalue weighted by Gasteiger charge is 2.33. The summed E-state index contributed by atoms with van der Waals surface area (Å²) in [5.41, 5.74) is 0.146. The van der Waals surface area contributed by atoms with Crippen molar-refractivity contribution in [1.29, 1.82) is 0 Å². The zero-order chi connectivity index (χ0) is 8.48. The first-order chi connectivity index (χ1) is 4.99. The number of rotatable bonds is 1. The Morgan fingerprint density at radius 1 is 1.36 bits per heavy atom. The van der Waals surface area contributed by atoms with Gasteiger partial charge in [-0.25, -0.2) is 0 Å². The molecule has 0 radical (unpaired) electrons. The number of aryl methyl sites for hydroxylation is 1. The van der Waals surface area contributed by atoms with Gasteiger partial charge in [-0.2, -0.15) is 4.37 Å². The van der Waals surface area contributed by atoms with Crippen molar-refractivity contribution in [1.82, 2.24) is 8.75 Å². The summed E-state index contributed by atoms with van der Waals surface area (Å²) in [7, 11) is 0. The number of hydrogen-bond acceptors (Lipinski definition) is 4. The van der Waals surface area contributed by atoms with Crippen molar-refractivity contribution >= 4 is 11.7 Å². The van der Waals surface area contributed by atoms with Gasteiger partial charge in [0.15, 0.2) is 0 Å². The standard InChI is InChI=1S/C4H3F3N2OS/c1-2-3(9-11-8-2)10-4(5,6)7/h1H3. The molecule has 1 aromatic heterocycles. The van der Waals surface area contributed by atoms with Crippen LogP contribution >= 0.6 is 11.7 Å². The van der Waals surface area contributed by atoms with Crippen LogP contribution in [0.1, 0.15) is 5.69 Å². The third-order valence-corrected chi connectivity index (χ3v) is 1.43. The molecule has 3 nitrogen and oxygen atoms in total. The first-order valence-electron chi connectivity index (χ1n) is 2.54. The molecule has 0 fully saturated rings. The highest BCUT2D eigenvalue weighted by molar-refractivity contribution is 6.99. The zero-order valence-corrected chi connectivity index (χ0v) is 6.16. The Morgan fingerprint density at radius 2 is 2.00 bits per heavy atom. The minimum Gasteiger partial charge on any atom is -0.385 e. The number of alkyl halides is 3. The van der Waals surface area contributed by atoms with E-state index in [1.807, 2.05) is 0 Å². The molecule has 0 spiro atoms. The second-order valence-electron chi connectivity index (χ2n) is 1.70. The second kappa shape index (κ2) is 2.65. The maximum absolute atomic E-state index is 11.5. The number of halogens is 3. The smallest absolute Gasteiger partial charge is 0.385 e. The third kappa shape index (κ3) is 2.34. The van der Waals surface area contributed by atoms with E-state index in [0.29, 0.717) is 11.7 Å². The molecule has 0 aliphatic heterocycles. The molecule has 1 heterocycles. The maximum Gasteiger partial charge on any atom is 0.574 e. The van der Waals surface area contributed by atoms with E-state index in [-0.39, 0.29) is 5.69 Å². The third-order valence-electron chi connectivity index (χ3n) is 0.823. The second-order valence-corrected chi connectivity index (χ2v) is 2.23. The van der Waals surface area contributed by atoms with Gasteiger partial charge in [0.2, 0.25) is 0 Å². The van der Waals surface area contributed by atoms with Crippen molar-refractivity contribution in [3.05, 3.63) is 5.69 Å². The molecular formula is C4H3F3N2OS. The molecular weight excluding hydrogens is 181 g/mol. The first kappa shape index (κ1) is 8.25. The van der Waals surface area contributed by atoms with Gasteiger partial charge in [0, 0.05) is 0 Å². The van der Waals surface area contributed by atoms with E-state index >= 15 is 0 Å². The molecule has 1 aromatic rings. The zero-order valence-electron chi connectivity index (χ0n) is 5.34. The predicted molar refractivity (Wildman–Crippen MR) is 31.3 cm³/mol. The normalized spacial score (nSPS) is 11.6. The maximum atomic E-state index is 11.5. The Hall–Kier alpha value is -0.850. The molecule has 0 unspecified atom stereocenters. The van der Waals surface area contributed by atoms with Crippen molar-refractivity contribution in [2.45, 2.75) is 13.3 Å². The molecule has 62 valence electrons. The van der Waals surface area contributed by atoms with Crippen LogP contribution in [0.25, 0.3) is 0 Å². The minimum absolute atomic E-state index is 0.146. The van der Waals surface area contributed by atoms with Crippen molar-refractivity contribution in [3.8, 4) is 5.88 Å². The fourth-order valence-corrected chi connectivity index (χ4v) is 0.911. The summed E-state index contributed by atoms with van der Waals surface area (Å²) in [6.45, 7) is 1.39. The summed E-state index contributed by atoms with van der Waals surface area (Å²) in [6, 6.07) is 0. The van der Waals surface area contributed by atoms with Gasteiger partial charge < -0.3 is 4.74 Å². The largest absolute Gasteiger partial charge is 0.574 e. The van der Waals surface area contributed by atoms with Gasteiger partial charge in [-0.1, -0.05) is 0 Å². The van der Waals surface area contributed by atoms with Crippen LogP contribution in [-0.4, -0.2) is 15.1 Å². The van der Waals surface area contributed by atoms with Gasteiger partial charge >= 0.3 is 6.36 Å². The molecule has 1 rings (SSSR count). The minimum atomic E-state index is -4.68. The Morgan fingerprint density at radius 3 is 2.36 bits per heavy atom. The molecule has 0 amide bonds. The van der Waals surface area contributed by atoms with Gasteiger partial charge in [-0.15, -0.1) is 17.5 Å². The van der Waals surface area contributed by atoms with Gasteiger partial charge in [0.1, 0.15) is 5.69 Å².